The molecule has 0 radical (unpaired) electrons. The lowest BCUT2D eigenvalue weighted by molar-refractivity contribution is -0.116. The van der Waals surface area contributed by atoms with Crippen LogP contribution in [-0.4, -0.2) is 27.7 Å². The van der Waals surface area contributed by atoms with Crippen LogP contribution in [0.1, 0.15) is 35.9 Å². The number of benzene rings is 2. The minimum atomic E-state index is -0.298. The van der Waals surface area contributed by atoms with Gasteiger partial charge in [0, 0.05) is 17.7 Å². The number of rotatable bonds is 3. The highest BCUT2D eigenvalue weighted by Gasteiger charge is 2.39. The lowest BCUT2D eigenvalue weighted by Crippen LogP contribution is -2.33. The number of ketones is 1. The zero-order valence-corrected chi connectivity index (χ0v) is 15.5. The molecule has 0 saturated heterocycles. The zero-order valence-electron chi connectivity index (χ0n) is 15.5. The molecule has 2 heterocycles. The fourth-order valence-electron chi connectivity index (χ4n) is 4.23. The molecule has 1 N–H and O–H groups in total. The number of anilines is 1. The molecule has 0 bridgehead atoms. The molecule has 0 amide bonds. The summed E-state index contributed by atoms with van der Waals surface area (Å²) in [6.45, 7) is 0. The van der Waals surface area contributed by atoms with Crippen molar-refractivity contribution in [2.45, 2.75) is 24.8 Å². The number of fused-ring (bicyclic) bond motifs is 1. The minimum Gasteiger partial charge on any atom is -0.497 e. The van der Waals surface area contributed by atoms with E-state index in [1.54, 1.807) is 11.8 Å². The van der Waals surface area contributed by atoms with Crippen molar-refractivity contribution in [1.29, 1.82) is 0 Å². The van der Waals surface area contributed by atoms with Crippen LogP contribution in [0.25, 0.3) is 0 Å². The summed E-state index contributed by atoms with van der Waals surface area (Å²) in [6, 6.07) is 17.7. The summed E-state index contributed by atoms with van der Waals surface area (Å²) in [4.78, 5) is 17.6. The predicted molar refractivity (Wildman–Crippen MR) is 105 cm³/mol. The Kier molecular flexibility index (Phi) is 3.97. The van der Waals surface area contributed by atoms with Gasteiger partial charge in [0.15, 0.2) is 5.78 Å². The van der Waals surface area contributed by atoms with Crippen molar-refractivity contribution in [1.82, 2.24) is 14.8 Å². The molecule has 1 aromatic heterocycles. The molecule has 2 unspecified atom stereocenters. The van der Waals surface area contributed by atoms with Gasteiger partial charge in [-0.15, -0.1) is 0 Å². The van der Waals surface area contributed by atoms with Gasteiger partial charge >= 0.3 is 0 Å². The molecule has 5 rings (SSSR count). The molecule has 3 aromatic rings. The Balaban J connectivity index is 1.61. The van der Waals surface area contributed by atoms with E-state index in [1.165, 1.54) is 11.9 Å². The topological polar surface area (TPSA) is 69.0 Å². The Morgan fingerprint density at radius 1 is 1.07 bits per heavy atom. The number of carbonyl (C=O) groups excluding carboxylic acids is 1. The normalized spacial score (nSPS) is 21.0. The van der Waals surface area contributed by atoms with E-state index >= 15 is 0 Å². The standard InChI is InChI=1S/C22H20N4O2/c1-28-17-9-5-8-15(10-17)21-20-18(25-22-23-13-24-26(21)22)11-16(12-19(20)27)14-6-3-2-4-7-14/h2-10,13,16,21H,11-12H2,1H3,(H,23,24,25). The van der Waals surface area contributed by atoms with E-state index in [-0.39, 0.29) is 17.7 Å². The van der Waals surface area contributed by atoms with Crippen molar-refractivity contribution in [3.8, 4) is 5.75 Å². The first kappa shape index (κ1) is 16.7. The van der Waals surface area contributed by atoms with Gasteiger partial charge in [-0.05, 0) is 35.6 Å². The molecule has 2 aliphatic rings. The average molecular weight is 372 g/mol. The monoisotopic (exact) mass is 372 g/mol. The van der Waals surface area contributed by atoms with Gasteiger partial charge in [-0.2, -0.15) is 10.1 Å². The van der Waals surface area contributed by atoms with Crippen LogP contribution in [0.4, 0.5) is 5.95 Å². The van der Waals surface area contributed by atoms with Crippen LogP contribution in [0, 0.1) is 0 Å². The van der Waals surface area contributed by atoms with Gasteiger partial charge in [-0.1, -0.05) is 42.5 Å². The zero-order chi connectivity index (χ0) is 19.1. The molecule has 6 nitrogen and oxygen atoms in total. The van der Waals surface area contributed by atoms with Crippen molar-refractivity contribution in [2.75, 3.05) is 12.4 Å². The predicted octanol–water partition coefficient (Wildman–Crippen LogP) is 3.70. The first-order chi connectivity index (χ1) is 13.7. The maximum Gasteiger partial charge on any atom is 0.226 e. The number of nitrogens with zero attached hydrogens (tertiary/aromatic N) is 3. The van der Waals surface area contributed by atoms with Crippen LogP contribution in [0.15, 0.2) is 72.2 Å². The lowest BCUT2D eigenvalue weighted by Gasteiger charge is -2.35. The second kappa shape index (κ2) is 6.64. The summed E-state index contributed by atoms with van der Waals surface area (Å²) < 4.78 is 7.18. The highest BCUT2D eigenvalue weighted by atomic mass is 16.5. The largest absolute Gasteiger partial charge is 0.497 e. The van der Waals surface area contributed by atoms with Gasteiger partial charge in [0.05, 0.1) is 7.11 Å². The first-order valence-electron chi connectivity index (χ1n) is 9.36. The van der Waals surface area contributed by atoms with E-state index in [2.05, 4.69) is 27.5 Å². The molecule has 1 aliphatic heterocycles. The highest BCUT2D eigenvalue weighted by Crippen LogP contribution is 2.44. The fourth-order valence-corrected chi connectivity index (χ4v) is 4.23. The van der Waals surface area contributed by atoms with Crippen molar-refractivity contribution in [2.24, 2.45) is 0 Å². The Morgan fingerprint density at radius 3 is 2.71 bits per heavy atom. The second-order valence-electron chi connectivity index (χ2n) is 7.16. The third-order valence-corrected chi connectivity index (χ3v) is 5.54. The third-order valence-electron chi connectivity index (χ3n) is 5.54. The molecule has 28 heavy (non-hydrogen) atoms. The number of Topliss-reactive ketones (excluding diaryl/α,β-unsaturated/α-hetero) is 1. The van der Waals surface area contributed by atoms with Gasteiger partial charge in [0.1, 0.15) is 18.1 Å². The number of hydrogen-bond acceptors (Lipinski definition) is 5. The van der Waals surface area contributed by atoms with Gasteiger partial charge in [-0.25, -0.2) is 4.68 Å². The van der Waals surface area contributed by atoms with Crippen LogP contribution in [-0.2, 0) is 4.79 Å². The Bertz CT molecular complexity index is 1070. The summed E-state index contributed by atoms with van der Waals surface area (Å²) in [6.07, 6.45) is 2.79. The van der Waals surface area contributed by atoms with Gasteiger partial charge in [0.25, 0.3) is 0 Å². The fraction of sp³-hybridized carbons (Fsp3) is 0.227. The summed E-state index contributed by atoms with van der Waals surface area (Å²) in [7, 11) is 1.64. The lowest BCUT2D eigenvalue weighted by atomic mass is 9.78. The van der Waals surface area contributed by atoms with Crippen LogP contribution >= 0.6 is 0 Å². The molecule has 0 saturated carbocycles. The van der Waals surface area contributed by atoms with Crippen LogP contribution < -0.4 is 10.1 Å². The quantitative estimate of drug-likeness (QED) is 0.759. The van der Waals surface area contributed by atoms with Crippen LogP contribution in [0.2, 0.25) is 0 Å². The minimum absolute atomic E-state index is 0.150. The van der Waals surface area contributed by atoms with E-state index < -0.39 is 0 Å². The van der Waals surface area contributed by atoms with Gasteiger partial charge < -0.3 is 10.1 Å². The van der Waals surface area contributed by atoms with E-state index in [0.29, 0.717) is 12.4 Å². The number of allylic oxidation sites excluding steroid dienone is 2. The highest BCUT2D eigenvalue weighted by molar-refractivity contribution is 6.00. The number of hydrogen-bond donors (Lipinski definition) is 1. The molecular formula is C22H20N4O2. The number of methoxy groups -OCH3 is 1. The summed E-state index contributed by atoms with van der Waals surface area (Å²) in [5.74, 6) is 1.73. The Labute approximate surface area is 162 Å². The second-order valence-corrected chi connectivity index (χ2v) is 7.16. The summed E-state index contributed by atoms with van der Waals surface area (Å²) in [5.41, 5.74) is 3.87. The van der Waals surface area contributed by atoms with Gasteiger partial charge in [-0.3, -0.25) is 4.79 Å². The SMILES string of the molecule is COc1cccc(C2C3=C(CC(c4ccccc4)CC3=O)Nc3ncnn32)c1. The van der Waals surface area contributed by atoms with Crippen molar-refractivity contribution in [3.05, 3.63) is 83.3 Å². The van der Waals surface area contributed by atoms with Crippen molar-refractivity contribution >= 4 is 11.7 Å². The maximum absolute atomic E-state index is 13.3. The van der Waals surface area contributed by atoms with Crippen LogP contribution in [0.5, 0.6) is 5.75 Å². The third kappa shape index (κ3) is 2.69. The Hall–Kier alpha value is -3.41. The summed E-state index contributed by atoms with van der Waals surface area (Å²) >= 11 is 0. The van der Waals surface area contributed by atoms with Crippen LogP contribution in [0.3, 0.4) is 0 Å². The molecule has 1 aliphatic carbocycles. The van der Waals surface area contributed by atoms with E-state index in [4.69, 9.17) is 4.74 Å². The molecule has 0 spiro atoms. The number of carbonyl (C=O) groups is 1. The molecule has 2 aromatic carbocycles. The smallest absolute Gasteiger partial charge is 0.226 e. The van der Waals surface area contributed by atoms with E-state index in [1.807, 2.05) is 42.5 Å². The van der Waals surface area contributed by atoms with Crippen molar-refractivity contribution in [3.63, 3.8) is 0 Å². The first-order valence-corrected chi connectivity index (χ1v) is 9.36. The van der Waals surface area contributed by atoms with E-state index in [0.717, 1.165) is 29.0 Å². The molecular weight excluding hydrogens is 352 g/mol. The van der Waals surface area contributed by atoms with Gasteiger partial charge in [0.2, 0.25) is 5.95 Å². The Morgan fingerprint density at radius 2 is 1.89 bits per heavy atom. The molecule has 6 heteroatoms. The number of ether oxygens (including phenoxy) is 1. The molecule has 0 fully saturated rings. The number of nitrogens with one attached hydrogen (secondary N) is 1. The average Bonchev–Trinajstić information content (AvgIpc) is 3.21. The molecule has 140 valence electrons. The van der Waals surface area contributed by atoms with Crippen molar-refractivity contribution < 1.29 is 9.53 Å². The molecule has 2 atom stereocenters. The summed E-state index contributed by atoms with van der Waals surface area (Å²) in [5, 5.41) is 7.74. The maximum atomic E-state index is 13.3. The number of aromatic nitrogens is 3. The van der Waals surface area contributed by atoms with E-state index in [9.17, 15) is 4.79 Å².